The molecule has 0 saturated carbocycles. The number of dihydropyridines is 1. The molecule has 0 unspecified atom stereocenters. The highest BCUT2D eigenvalue weighted by Gasteiger charge is 2.42. The highest BCUT2D eigenvalue weighted by atomic mass is 19.1. The van der Waals surface area contributed by atoms with E-state index in [4.69, 9.17) is 0 Å². The van der Waals surface area contributed by atoms with Gasteiger partial charge in [-0.25, -0.2) is 4.39 Å². The number of ketones is 1. The van der Waals surface area contributed by atoms with E-state index in [9.17, 15) is 14.0 Å². The average Bonchev–Trinajstić information content (AvgIpc) is 2.78. The molecule has 2 aromatic rings. The topological polar surface area (TPSA) is 61.4 Å². The summed E-state index contributed by atoms with van der Waals surface area (Å²) < 4.78 is 13.8. The van der Waals surface area contributed by atoms with Gasteiger partial charge in [0.1, 0.15) is 5.82 Å². The molecule has 0 aromatic heterocycles. The van der Waals surface area contributed by atoms with Crippen LogP contribution in [0.2, 0.25) is 0 Å². The summed E-state index contributed by atoms with van der Waals surface area (Å²) in [5, 5.41) is 6.21. The number of benzene rings is 2. The molecule has 35 heavy (non-hydrogen) atoms. The summed E-state index contributed by atoms with van der Waals surface area (Å²) >= 11 is 0. The van der Waals surface area contributed by atoms with E-state index in [0.29, 0.717) is 29.0 Å². The molecule has 0 spiro atoms. The molecule has 0 bridgehead atoms. The third-order valence-corrected chi connectivity index (χ3v) is 6.92. The van der Waals surface area contributed by atoms with E-state index < -0.39 is 11.7 Å². The second kappa shape index (κ2) is 9.68. The molecule has 6 heteroatoms. The summed E-state index contributed by atoms with van der Waals surface area (Å²) in [6.45, 7) is 12.1. The number of allylic oxidation sites excluding steroid dienone is 3. The molecule has 1 aliphatic carbocycles. The fraction of sp³-hybridized carbons (Fsp3) is 0.379. The van der Waals surface area contributed by atoms with E-state index in [1.165, 1.54) is 12.1 Å². The molecule has 1 amide bonds. The number of nitrogens with zero attached hydrogens (tertiary/aromatic N) is 1. The molecular weight excluding hydrogens is 441 g/mol. The summed E-state index contributed by atoms with van der Waals surface area (Å²) in [6, 6.07) is 14.0. The van der Waals surface area contributed by atoms with E-state index in [2.05, 4.69) is 55.4 Å². The highest BCUT2D eigenvalue weighted by molar-refractivity contribution is 6.10. The standard InChI is InChI=1S/C29H34FN3O2/c1-6-33(7-2)22-13-11-19(12-14-22)26-25(28(35)32-21-10-8-9-20(30)15-21)18(3)31-23-16-29(4,5)17-24(34)27(23)26/h8-15,26,31H,6-7,16-17H2,1-5H3,(H,32,35)/t26-/m0/s1. The monoisotopic (exact) mass is 475 g/mol. The minimum Gasteiger partial charge on any atom is -0.372 e. The Morgan fingerprint density at radius 1 is 1.11 bits per heavy atom. The lowest BCUT2D eigenvalue weighted by atomic mass is 9.68. The molecule has 1 aliphatic heterocycles. The van der Waals surface area contributed by atoms with Gasteiger partial charge in [-0.2, -0.15) is 0 Å². The molecule has 2 N–H and O–H groups in total. The van der Waals surface area contributed by atoms with Crippen LogP contribution in [-0.2, 0) is 9.59 Å². The maximum absolute atomic E-state index is 13.8. The first-order chi connectivity index (χ1) is 16.6. The zero-order chi connectivity index (χ0) is 25.3. The molecular formula is C29H34FN3O2. The van der Waals surface area contributed by atoms with Crippen LogP contribution in [0.25, 0.3) is 0 Å². The van der Waals surface area contributed by atoms with Gasteiger partial charge in [-0.15, -0.1) is 0 Å². The van der Waals surface area contributed by atoms with Crippen molar-refractivity contribution >= 4 is 23.1 Å². The quantitative estimate of drug-likeness (QED) is 0.545. The van der Waals surface area contributed by atoms with Gasteiger partial charge >= 0.3 is 0 Å². The average molecular weight is 476 g/mol. The third-order valence-electron chi connectivity index (χ3n) is 6.92. The Labute approximate surface area is 207 Å². The van der Waals surface area contributed by atoms with Crippen LogP contribution < -0.4 is 15.5 Å². The van der Waals surface area contributed by atoms with E-state index in [1.807, 2.05) is 19.1 Å². The number of hydrogen-bond acceptors (Lipinski definition) is 4. The molecule has 0 fully saturated rings. The van der Waals surface area contributed by atoms with Gasteiger partial charge in [0.25, 0.3) is 5.91 Å². The first-order valence-electron chi connectivity index (χ1n) is 12.3. The van der Waals surface area contributed by atoms with Gasteiger partial charge in [0.05, 0.1) is 0 Å². The van der Waals surface area contributed by atoms with Crippen molar-refractivity contribution in [1.29, 1.82) is 0 Å². The Kier molecular flexibility index (Phi) is 6.84. The smallest absolute Gasteiger partial charge is 0.254 e. The summed E-state index contributed by atoms with van der Waals surface area (Å²) in [5.41, 5.74) is 4.97. The summed E-state index contributed by atoms with van der Waals surface area (Å²) in [7, 11) is 0. The lowest BCUT2D eigenvalue weighted by Gasteiger charge is -2.39. The van der Waals surface area contributed by atoms with Gasteiger partial charge in [-0.3, -0.25) is 9.59 Å². The predicted octanol–water partition coefficient (Wildman–Crippen LogP) is 5.91. The Morgan fingerprint density at radius 2 is 1.80 bits per heavy atom. The van der Waals surface area contributed by atoms with Crippen molar-refractivity contribution in [1.82, 2.24) is 5.32 Å². The first-order valence-corrected chi connectivity index (χ1v) is 12.3. The second-order valence-corrected chi connectivity index (χ2v) is 10.2. The lowest BCUT2D eigenvalue weighted by Crippen LogP contribution is -2.39. The second-order valence-electron chi connectivity index (χ2n) is 10.2. The molecule has 5 nitrogen and oxygen atoms in total. The molecule has 1 heterocycles. The minimum absolute atomic E-state index is 0.0603. The lowest BCUT2D eigenvalue weighted by molar-refractivity contribution is -0.118. The van der Waals surface area contributed by atoms with Crippen LogP contribution in [0.15, 0.2) is 71.1 Å². The fourth-order valence-electron chi connectivity index (χ4n) is 5.30. The first kappa shape index (κ1) is 24.7. The predicted molar refractivity (Wildman–Crippen MR) is 139 cm³/mol. The van der Waals surface area contributed by atoms with Gasteiger partial charge in [0.2, 0.25) is 0 Å². The summed E-state index contributed by atoms with van der Waals surface area (Å²) in [5.74, 6) is -1.20. The van der Waals surface area contributed by atoms with Crippen LogP contribution in [-0.4, -0.2) is 24.8 Å². The molecule has 184 valence electrons. The SMILES string of the molecule is CCN(CC)c1ccc([C@H]2C(C(=O)Nc3cccc(F)c3)=C(C)NC3=C2C(=O)CC(C)(C)C3)cc1. The van der Waals surface area contributed by atoms with Gasteiger partial charge in [0, 0.05) is 59.3 Å². The van der Waals surface area contributed by atoms with Gasteiger partial charge in [-0.05, 0) is 68.5 Å². The normalized spacial score (nSPS) is 19.3. The number of anilines is 2. The summed E-state index contributed by atoms with van der Waals surface area (Å²) in [4.78, 5) is 29.3. The van der Waals surface area contributed by atoms with Crippen molar-refractivity contribution in [3.05, 3.63) is 82.5 Å². The zero-order valence-corrected chi connectivity index (χ0v) is 21.2. The minimum atomic E-state index is -0.492. The highest BCUT2D eigenvalue weighted by Crippen LogP contribution is 2.47. The molecule has 0 radical (unpaired) electrons. The summed E-state index contributed by atoms with van der Waals surface area (Å²) in [6.07, 6.45) is 1.16. The van der Waals surface area contributed by atoms with Crippen molar-refractivity contribution in [2.24, 2.45) is 5.41 Å². The number of hydrogen-bond donors (Lipinski definition) is 2. The Hall–Kier alpha value is -3.41. The van der Waals surface area contributed by atoms with Gasteiger partial charge < -0.3 is 15.5 Å². The number of carbonyl (C=O) groups excluding carboxylic acids is 2. The van der Waals surface area contributed by atoms with Crippen LogP contribution in [0.3, 0.4) is 0 Å². The van der Waals surface area contributed by atoms with Crippen molar-refractivity contribution in [3.63, 3.8) is 0 Å². The van der Waals surface area contributed by atoms with Crippen molar-refractivity contribution in [3.8, 4) is 0 Å². The Balaban J connectivity index is 1.79. The van der Waals surface area contributed by atoms with Gasteiger partial charge in [-0.1, -0.05) is 32.0 Å². The fourth-order valence-corrected chi connectivity index (χ4v) is 5.30. The maximum atomic E-state index is 13.8. The third kappa shape index (κ3) is 5.02. The van der Waals surface area contributed by atoms with Crippen LogP contribution >= 0.6 is 0 Å². The number of amides is 1. The molecule has 2 aliphatic rings. The number of halogens is 1. The largest absolute Gasteiger partial charge is 0.372 e. The van der Waals surface area contributed by atoms with Crippen LogP contribution in [0, 0.1) is 11.2 Å². The maximum Gasteiger partial charge on any atom is 0.254 e. The Morgan fingerprint density at radius 3 is 2.43 bits per heavy atom. The van der Waals surface area contributed by atoms with Crippen LogP contribution in [0.1, 0.15) is 58.9 Å². The van der Waals surface area contributed by atoms with E-state index in [-0.39, 0.29) is 17.1 Å². The van der Waals surface area contributed by atoms with E-state index >= 15 is 0 Å². The number of Topliss-reactive ketones (excluding diaryl/α,β-unsaturated/α-hetero) is 1. The van der Waals surface area contributed by atoms with Crippen LogP contribution in [0.5, 0.6) is 0 Å². The zero-order valence-electron chi connectivity index (χ0n) is 21.2. The number of nitrogens with one attached hydrogen (secondary N) is 2. The molecule has 1 atom stereocenters. The molecule has 2 aromatic carbocycles. The van der Waals surface area contributed by atoms with Crippen molar-refractivity contribution in [2.45, 2.75) is 53.4 Å². The molecule has 4 rings (SSSR count). The molecule has 0 saturated heterocycles. The van der Waals surface area contributed by atoms with E-state index in [0.717, 1.165) is 36.5 Å². The van der Waals surface area contributed by atoms with E-state index in [1.54, 1.807) is 12.1 Å². The van der Waals surface area contributed by atoms with Gasteiger partial charge in [0.15, 0.2) is 5.78 Å². The Bertz CT molecular complexity index is 1210. The van der Waals surface area contributed by atoms with Crippen LogP contribution in [0.4, 0.5) is 15.8 Å². The van der Waals surface area contributed by atoms with Crippen molar-refractivity contribution in [2.75, 3.05) is 23.3 Å². The van der Waals surface area contributed by atoms with Crippen molar-refractivity contribution < 1.29 is 14.0 Å². The number of carbonyl (C=O) groups is 2. The number of rotatable bonds is 6.